The van der Waals surface area contributed by atoms with E-state index in [1.807, 2.05) is 31.2 Å². The Kier molecular flexibility index (Phi) is 5.22. The maximum absolute atomic E-state index is 14.2. The number of carbonyl (C=O) groups is 1. The molecule has 0 saturated carbocycles. The predicted octanol–water partition coefficient (Wildman–Crippen LogP) is 5.06. The fourth-order valence-electron chi connectivity index (χ4n) is 3.01. The van der Waals surface area contributed by atoms with Crippen molar-refractivity contribution in [3.63, 3.8) is 0 Å². The molecule has 0 saturated heterocycles. The third-order valence-corrected chi connectivity index (χ3v) is 4.34. The van der Waals surface area contributed by atoms with Crippen LogP contribution in [0.4, 0.5) is 23.2 Å². The van der Waals surface area contributed by atoms with E-state index in [0.29, 0.717) is 10.2 Å². The number of hydrogen-bond acceptors (Lipinski definition) is 2. The van der Waals surface area contributed by atoms with Gasteiger partial charge in [-0.3, -0.25) is 4.79 Å². The van der Waals surface area contributed by atoms with Crippen LogP contribution in [0.25, 0.3) is 11.1 Å². The number of aromatic nitrogens is 2. The summed E-state index contributed by atoms with van der Waals surface area (Å²) >= 11 is 0. The number of benzene rings is 2. The first kappa shape index (κ1) is 19.6. The average Bonchev–Trinajstić information content (AvgIpc) is 2.97. The van der Waals surface area contributed by atoms with Gasteiger partial charge in [-0.2, -0.15) is 22.7 Å². The van der Waals surface area contributed by atoms with E-state index in [1.54, 1.807) is 24.3 Å². The molecule has 0 aliphatic heterocycles. The molecule has 0 bridgehead atoms. The van der Waals surface area contributed by atoms with Gasteiger partial charge in [0.15, 0.2) is 5.69 Å². The van der Waals surface area contributed by atoms with Gasteiger partial charge in [-0.15, -0.1) is 0 Å². The normalized spacial score (nSPS) is 11.5. The number of aryl methyl sites for hydroxylation is 2. The zero-order valence-electron chi connectivity index (χ0n) is 15.1. The lowest BCUT2D eigenvalue weighted by Gasteiger charge is -2.14. The van der Waals surface area contributed by atoms with Gasteiger partial charge in [0.2, 0.25) is 5.95 Å². The molecule has 0 aliphatic carbocycles. The van der Waals surface area contributed by atoms with E-state index in [2.05, 4.69) is 10.4 Å². The van der Waals surface area contributed by atoms with Gasteiger partial charge >= 0.3 is 6.18 Å². The van der Waals surface area contributed by atoms with Crippen molar-refractivity contribution < 1.29 is 22.4 Å². The summed E-state index contributed by atoms with van der Waals surface area (Å²) < 4.78 is 54.1. The molecular weight excluding hydrogens is 374 g/mol. The van der Waals surface area contributed by atoms with E-state index in [-0.39, 0.29) is 5.69 Å². The highest BCUT2D eigenvalue weighted by molar-refractivity contribution is 6.07. The summed E-state index contributed by atoms with van der Waals surface area (Å²) in [6.45, 7) is 1.97. The number of anilines is 1. The van der Waals surface area contributed by atoms with E-state index < -0.39 is 29.3 Å². The number of nitrogens with zero attached hydrogens (tertiary/aromatic N) is 2. The van der Waals surface area contributed by atoms with Crippen molar-refractivity contribution >= 4 is 11.6 Å². The van der Waals surface area contributed by atoms with Crippen LogP contribution in [0, 0.1) is 5.95 Å². The molecule has 3 rings (SSSR count). The summed E-state index contributed by atoms with van der Waals surface area (Å²) in [6.07, 6.45) is -4.23. The van der Waals surface area contributed by atoms with E-state index >= 15 is 0 Å². The Morgan fingerprint density at radius 2 is 1.68 bits per heavy atom. The Hall–Kier alpha value is -3.16. The molecule has 0 unspecified atom stereocenters. The largest absolute Gasteiger partial charge is 0.436 e. The van der Waals surface area contributed by atoms with Crippen LogP contribution in [0.3, 0.4) is 0 Å². The third-order valence-electron chi connectivity index (χ3n) is 4.34. The molecule has 0 atom stereocenters. The highest BCUT2D eigenvalue weighted by Crippen LogP contribution is 2.34. The number of nitrogens with one attached hydrogen (secondary N) is 1. The predicted molar refractivity (Wildman–Crippen MR) is 97.4 cm³/mol. The first-order valence-electron chi connectivity index (χ1n) is 8.52. The van der Waals surface area contributed by atoms with Crippen LogP contribution >= 0.6 is 0 Å². The second-order valence-corrected chi connectivity index (χ2v) is 6.15. The first-order valence-corrected chi connectivity index (χ1v) is 8.52. The van der Waals surface area contributed by atoms with Crippen molar-refractivity contribution in [2.24, 2.45) is 7.05 Å². The third kappa shape index (κ3) is 3.62. The minimum absolute atomic E-state index is 0.282. The molecule has 2 aromatic carbocycles. The van der Waals surface area contributed by atoms with Crippen molar-refractivity contribution in [2.45, 2.75) is 19.5 Å². The number of hydrogen-bond donors (Lipinski definition) is 1. The minimum Gasteiger partial charge on any atom is -0.321 e. The molecule has 28 heavy (non-hydrogen) atoms. The number of alkyl halides is 3. The molecule has 4 nitrogen and oxygen atoms in total. The van der Waals surface area contributed by atoms with Gasteiger partial charge in [0.25, 0.3) is 5.91 Å². The number of halogens is 4. The summed E-state index contributed by atoms with van der Waals surface area (Å²) in [6, 6.07) is 14.2. The average molecular weight is 391 g/mol. The Morgan fingerprint density at radius 1 is 1.07 bits per heavy atom. The van der Waals surface area contributed by atoms with Crippen molar-refractivity contribution in [2.75, 3.05) is 5.32 Å². The van der Waals surface area contributed by atoms with E-state index in [4.69, 9.17) is 0 Å². The molecular formula is C20H17F4N3O. The van der Waals surface area contributed by atoms with Crippen molar-refractivity contribution in [1.29, 1.82) is 0 Å². The Balaban J connectivity index is 2.04. The second kappa shape index (κ2) is 7.46. The molecule has 0 fully saturated rings. The van der Waals surface area contributed by atoms with Crippen LogP contribution in [0.1, 0.15) is 28.5 Å². The maximum atomic E-state index is 14.2. The number of amides is 1. The summed E-state index contributed by atoms with van der Waals surface area (Å²) in [5.41, 5.74) is 0.0669. The Bertz CT molecular complexity index is 1020. The topological polar surface area (TPSA) is 46.9 Å². The molecule has 1 amide bonds. The molecule has 146 valence electrons. The van der Waals surface area contributed by atoms with Gasteiger partial charge in [-0.1, -0.05) is 49.4 Å². The molecule has 8 heteroatoms. The van der Waals surface area contributed by atoms with Gasteiger partial charge in [0.05, 0.1) is 0 Å². The zero-order valence-corrected chi connectivity index (χ0v) is 15.1. The summed E-state index contributed by atoms with van der Waals surface area (Å²) in [5, 5.41) is 5.52. The maximum Gasteiger partial charge on any atom is 0.436 e. The molecule has 0 spiro atoms. The first-order chi connectivity index (χ1) is 13.2. The zero-order chi connectivity index (χ0) is 20.5. The lowest BCUT2D eigenvalue weighted by atomic mass is 9.96. The lowest BCUT2D eigenvalue weighted by molar-refractivity contribution is -0.141. The van der Waals surface area contributed by atoms with E-state index in [0.717, 1.165) is 24.6 Å². The Morgan fingerprint density at radius 3 is 2.32 bits per heavy atom. The van der Waals surface area contributed by atoms with Crippen LogP contribution in [-0.4, -0.2) is 15.7 Å². The van der Waals surface area contributed by atoms with Crippen molar-refractivity contribution in [3.8, 4) is 11.1 Å². The molecule has 3 aromatic rings. The standard InChI is InChI=1S/C20H17F4N3O/c1-3-12-8-4-5-9-13(12)14-10-6-7-11-15(14)25-19(28)16-17(20(22,23)24)26-27(2)18(16)21/h4-11H,3H2,1-2H3,(H,25,28). The lowest BCUT2D eigenvalue weighted by Crippen LogP contribution is -2.19. The van der Waals surface area contributed by atoms with Crippen molar-refractivity contribution in [3.05, 3.63) is 71.3 Å². The molecule has 1 heterocycles. The summed E-state index contributed by atoms with van der Waals surface area (Å²) in [7, 11) is 1.01. The van der Waals surface area contributed by atoms with Crippen LogP contribution in [-0.2, 0) is 19.6 Å². The van der Waals surface area contributed by atoms with Crippen LogP contribution in [0.2, 0.25) is 0 Å². The number of rotatable bonds is 4. The minimum atomic E-state index is -4.96. The molecule has 0 radical (unpaired) electrons. The fraction of sp³-hybridized carbons (Fsp3) is 0.200. The summed E-state index contributed by atoms with van der Waals surface area (Å²) in [4.78, 5) is 12.5. The fourth-order valence-corrected chi connectivity index (χ4v) is 3.01. The monoisotopic (exact) mass is 391 g/mol. The second-order valence-electron chi connectivity index (χ2n) is 6.15. The molecule has 0 aliphatic rings. The smallest absolute Gasteiger partial charge is 0.321 e. The SMILES string of the molecule is CCc1ccccc1-c1ccccc1NC(=O)c1c(C(F)(F)F)nn(C)c1F. The highest BCUT2D eigenvalue weighted by Gasteiger charge is 2.41. The van der Waals surface area contributed by atoms with E-state index in [1.165, 1.54) is 0 Å². The molecule has 1 aromatic heterocycles. The van der Waals surface area contributed by atoms with E-state index in [9.17, 15) is 22.4 Å². The number of para-hydroxylation sites is 1. The van der Waals surface area contributed by atoms with Gasteiger partial charge < -0.3 is 5.32 Å². The van der Waals surface area contributed by atoms with Crippen LogP contribution in [0.15, 0.2) is 48.5 Å². The number of carbonyl (C=O) groups excluding carboxylic acids is 1. The van der Waals surface area contributed by atoms with Gasteiger partial charge in [-0.05, 0) is 23.6 Å². The van der Waals surface area contributed by atoms with Crippen LogP contribution in [0.5, 0.6) is 0 Å². The van der Waals surface area contributed by atoms with Gasteiger partial charge in [-0.25, -0.2) is 4.68 Å². The van der Waals surface area contributed by atoms with Gasteiger partial charge in [0.1, 0.15) is 5.56 Å². The van der Waals surface area contributed by atoms with Crippen LogP contribution < -0.4 is 5.32 Å². The van der Waals surface area contributed by atoms with Gasteiger partial charge in [0, 0.05) is 18.3 Å². The summed E-state index contributed by atoms with van der Waals surface area (Å²) in [5.74, 6) is -2.56. The molecule has 1 N–H and O–H groups in total. The van der Waals surface area contributed by atoms with Crippen molar-refractivity contribution in [1.82, 2.24) is 9.78 Å². The highest BCUT2D eigenvalue weighted by atomic mass is 19.4. The Labute approximate surface area is 158 Å². The quantitative estimate of drug-likeness (QED) is 0.632.